The van der Waals surface area contributed by atoms with Gasteiger partial charge in [-0.25, -0.2) is 0 Å². The number of fused-ring (bicyclic) bond motifs is 5. The minimum Gasteiger partial charge on any atom is -0.373 e. The number of hydrogen-bond donors (Lipinski definition) is 1. The topological polar surface area (TPSA) is 42.0 Å². The number of nitrogens with one attached hydrogen (secondary N) is 1. The van der Waals surface area contributed by atoms with Crippen LogP contribution in [0.2, 0.25) is 0 Å². The first-order valence-electron chi connectivity index (χ1n) is 8.70. The Bertz CT molecular complexity index is 951. The molecule has 3 atom stereocenters. The number of anilines is 1. The van der Waals surface area contributed by atoms with Crippen molar-refractivity contribution in [2.45, 2.75) is 18.4 Å². The Morgan fingerprint density at radius 2 is 1.76 bits per heavy atom. The zero-order chi connectivity index (χ0) is 16.8. The number of pyridine rings is 1. The van der Waals surface area contributed by atoms with Gasteiger partial charge in [0.25, 0.3) is 0 Å². The van der Waals surface area contributed by atoms with Crippen molar-refractivity contribution in [3.8, 4) is 0 Å². The monoisotopic (exact) mass is 326 g/mol. The largest absolute Gasteiger partial charge is 0.373 e. The van der Waals surface area contributed by atoms with E-state index < -0.39 is 0 Å². The second kappa shape index (κ2) is 5.55. The number of rotatable bonds is 2. The summed E-state index contributed by atoms with van der Waals surface area (Å²) in [4.78, 5) is 17.5. The van der Waals surface area contributed by atoms with Gasteiger partial charge in [0.05, 0.1) is 17.9 Å². The smallest absolute Gasteiger partial charge is 0.185 e. The number of benzene rings is 2. The molecule has 1 aliphatic heterocycles. The predicted molar refractivity (Wildman–Crippen MR) is 97.9 cm³/mol. The maximum atomic E-state index is 13.2. The van der Waals surface area contributed by atoms with Gasteiger partial charge in [-0.15, -0.1) is 0 Å². The van der Waals surface area contributed by atoms with Gasteiger partial charge in [-0.05, 0) is 29.2 Å². The van der Waals surface area contributed by atoms with Crippen molar-refractivity contribution in [3.63, 3.8) is 0 Å². The summed E-state index contributed by atoms with van der Waals surface area (Å²) in [5, 5.41) is 3.49. The summed E-state index contributed by atoms with van der Waals surface area (Å²) in [6.45, 7) is 0. The van der Waals surface area contributed by atoms with Crippen LogP contribution in [0.1, 0.15) is 33.0 Å². The molecule has 0 saturated heterocycles. The van der Waals surface area contributed by atoms with Crippen LogP contribution in [0.15, 0.2) is 73.1 Å². The van der Waals surface area contributed by atoms with Crippen molar-refractivity contribution in [2.75, 3.05) is 5.32 Å². The number of carbonyl (C=O) groups is 1. The molecule has 2 aromatic carbocycles. The van der Waals surface area contributed by atoms with Crippen molar-refractivity contribution in [2.24, 2.45) is 5.92 Å². The second-order valence-corrected chi connectivity index (χ2v) is 6.86. The molecule has 0 amide bonds. The van der Waals surface area contributed by atoms with E-state index in [1.54, 1.807) is 0 Å². The fourth-order valence-corrected chi connectivity index (χ4v) is 4.45. The molecule has 5 rings (SSSR count). The number of carbonyl (C=O) groups excluding carboxylic acids is 1. The molecule has 3 unspecified atom stereocenters. The van der Waals surface area contributed by atoms with E-state index in [-0.39, 0.29) is 23.7 Å². The molecule has 0 saturated carbocycles. The fourth-order valence-electron chi connectivity index (χ4n) is 4.45. The van der Waals surface area contributed by atoms with Crippen LogP contribution in [-0.4, -0.2) is 16.8 Å². The Morgan fingerprint density at radius 3 is 2.64 bits per heavy atom. The quantitative estimate of drug-likeness (QED) is 0.722. The summed E-state index contributed by atoms with van der Waals surface area (Å²) in [5.41, 5.74) is 5.71. The average molecular weight is 326 g/mol. The van der Waals surface area contributed by atoms with Crippen molar-refractivity contribution < 1.29 is 4.79 Å². The molecule has 1 N–H and O–H groups in total. The van der Waals surface area contributed by atoms with Gasteiger partial charge in [0.15, 0.2) is 5.78 Å². The highest BCUT2D eigenvalue weighted by Crippen LogP contribution is 2.49. The summed E-state index contributed by atoms with van der Waals surface area (Å²) in [7, 11) is 0. The molecular weight excluding hydrogens is 308 g/mol. The highest BCUT2D eigenvalue weighted by atomic mass is 16.1. The van der Waals surface area contributed by atoms with Crippen molar-refractivity contribution >= 4 is 11.5 Å². The summed E-state index contributed by atoms with van der Waals surface area (Å²) in [6, 6.07) is 20.0. The Labute approximate surface area is 146 Å². The van der Waals surface area contributed by atoms with Crippen LogP contribution in [0.25, 0.3) is 0 Å². The maximum absolute atomic E-state index is 13.2. The molecule has 25 heavy (non-hydrogen) atoms. The number of aromatic nitrogens is 1. The molecule has 1 aromatic heterocycles. The van der Waals surface area contributed by atoms with E-state index in [2.05, 4.69) is 40.6 Å². The first-order chi connectivity index (χ1) is 12.3. The SMILES string of the molecule is O=C(c1ccccc1)C1Nc2cnccc2C2c3ccccc3CC12. The molecule has 122 valence electrons. The van der Waals surface area contributed by atoms with Crippen LogP contribution in [0, 0.1) is 5.92 Å². The van der Waals surface area contributed by atoms with Crippen molar-refractivity contribution in [1.29, 1.82) is 0 Å². The summed E-state index contributed by atoms with van der Waals surface area (Å²) in [6.07, 6.45) is 4.62. The second-order valence-electron chi connectivity index (χ2n) is 6.86. The van der Waals surface area contributed by atoms with E-state index in [0.717, 1.165) is 17.7 Å². The molecule has 3 nitrogen and oxygen atoms in total. The minimum absolute atomic E-state index is 0.165. The van der Waals surface area contributed by atoms with Crippen LogP contribution in [0.4, 0.5) is 5.69 Å². The molecule has 0 radical (unpaired) electrons. The van der Waals surface area contributed by atoms with Gasteiger partial charge < -0.3 is 5.32 Å². The molecule has 0 spiro atoms. The Balaban J connectivity index is 1.63. The lowest BCUT2D eigenvalue weighted by molar-refractivity contribution is 0.0938. The third-order valence-electron chi connectivity index (χ3n) is 5.54. The predicted octanol–water partition coefficient (Wildman–Crippen LogP) is 4.06. The van der Waals surface area contributed by atoms with Crippen LogP contribution >= 0.6 is 0 Å². The summed E-state index contributed by atoms with van der Waals surface area (Å²) < 4.78 is 0. The zero-order valence-electron chi connectivity index (χ0n) is 13.7. The van der Waals surface area contributed by atoms with Gasteiger partial charge in [0, 0.05) is 23.6 Å². The van der Waals surface area contributed by atoms with E-state index in [1.165, 1.54) is 16.7 Å². The molecular formula is C22H18N2O. The van der Waals surface area contributed by atoms with Gasteiger partial charge in [-0.2, -0.15) is 0 Å². The van der Waals surface area contributed by atoms with Crippen LogP contribution < -0.4 is 5.32 Å². The van der Waals surface area contributed by atoms with Crippen molar-refractivity contribution in [1.82, 2.24) is 4.98 Å². The number of hydrogen-bond acceptors (Lipinski definition) is 3. The molecule has 0 bridgehead atoms. The first-order valence-corrected chi connectivity index (χ1v) is 8.70. The Morgan fingerprint density at radius 1 is 0.960 bits per heavy atom. The van der Waals surface area contributed by atoms with Gasteiger partial charge in [-0.3, -0.25) is 9.78 Å². The maximum Gasteiger partial charge on any atom is 0.185 e. The average Bonchev–Trinajstić information content (AvgIpc) is 3.07. The molecule has 3 aromatic rings. The normalized spacial score (nSPS) is 23.1. The highest BCUT2D eigenvalue weighted by Gasteiger charge is 2.45. The van der Waals surface area contributed by atoms with Gasteiger partial charge in [0.1, 0.15) is 0 Å². The third kappa shape index (κ3) is 2.19. The lowest BCUT2D eigenvalue weighted by Crippen LogP contribution is -2.42. The molecule has 1 aliphatic carbocycles. The number of nitrogens with zero attached hydrogens (tertiary/aromatic N) is 1. The number of Topliss-reactive ketones (excluding diaryl/α,β-unsaturated/α-hetero) is 1. The molecule has 0 fully saturated rings. The Hall–Kier alpha value is -2.94. The van der Waals surface area contributed by atoms with E-state index >= 15 is 0 Å². The third-order valence-corrected chi connectivity index (χ3v) is 5.54. The Kier molecular flexibility index (Phi) is 3.20. The molecule has 3 heteroatoms. The van der Waals surface area contributed by atoms with Gasteiger partial charge >= 0.3 is 0 Å². The van der Waals surface area contributed by atoms with Crippen LogP contribution in [-0.2, 0) is 6.42 Å². The first kappa shape index (κ1) is 14.4. The highest BCUT2D eigenvalue weighted by molar-refractivity contribution is 6.02. The van der Waals surface area contributed by atoms with E-state index in [0.29, 0.717) is 0 Å². The van der Waals surface area contributed by atoms with E-state index in [9.17, 15) is 4.79 Å². The summed E-state index contributed by atoms with van der Waals surface area (Å²) in [5.74, 6) is 0.658. The lowest BCUT2D eigenvalue weighted by atomic mass is 9.76. The fraction of sp³-hybridized carbons (Fsp3) is 0.182. The standard InChI is InChI=1S/C22H18N2O/c25-22(14-6-2-1-3-7-14)21-18-12-15-8-4-5-9-16(15)20(18)17-10-11-23-13-19(17)24-21/h1-11,13,18,20-21,24H,12H2. The van der Waals surface area contributed by atoms with Gasteiger partial charge in [0.2, 0.25) is 0 Å². The van der Waals surface area contributed by atoms with Gasteiger partial charge in [-0.1, -0.05) is 54.6 Å². The van der Waals surface area contributed by atoms with E-state index in [4.69, 9.17) is 0 Å². The minimum atomic E-state index is -0.225. The lowest BCUT2D eigenvalue weighted by Gasteiger charge is -2.36. The number of ketones is 1. The summed E-state index contributed by atoms with van der Waals surface area (Å²) >= 11 is 0. The van der Waals surface area contributed by atoms with Crippen molar-refractivity contribution in [3.05, 3.63) is 95.3 Å². The molecule has 2 heterocycles. The zero-order valence-corrected chi connectivity index (χ0v) is 13.7. The van der Waals surface area contributed by atoms with Crippen LogP contribution in [0.3, 0.4) is 0 Å². The molecule has 2 aliphatic rings. The van der Waals surface area contributed by atoms with E-state index in [1.807, 2.05) is 42.7 Å². The van der Waals surface area contributed by atoms with Crippen LogP contribution in [0.5, 0.6) is 0 Å².